The van der Waals surface area contributed by atoms with Crippen molar-refractivity contribution in [2.75, 3.05) is 13.2 Å². The van der Waals surface area contributed by atoms with E-state index in [1.807, 2.05) is 0 Å². The molecular weight excluding hydrogens is 226 g/mol. The normalized spacial score (nSPS) is 21.7. The van der Waals surface area contributed by atoms with E-state index in [0.29, 0.717) is 24.6 Å². The number of rotatable bonds is 9. The monoisotopic (exact) mass is 257 g/mol. The van der Waals surface area contributed by atoms with Gasteiger partial charge in [0.1, 0.15) is 0 Å². The van der Waals surface area contributed by atoms with Crippen LogP contribution in [0.5, 0.6) is 0 Å². The van der Waals surface area contributed by atoms with Crippen molar-refractivity contribution in [3.63, 3.8) is 0 Å². The Morgan fingerprint density at radius 2 is 1.94 bits per heavy atom. The number of nitrogens with one attached hydrogen (secondary N) is 1. The van der Waals surface area contributed by atoms with Crippen LogP contribution in [0.3, 0.4) is 0 Å². The second-order valence-corrected chi connectivity index (χ2v) is 6.30. The van der Waals surface area contributed by atoms with Crippen molar-refractivity contribution in [1.29, 1.82) is 0 Å². The number of hydrogen-bond acceptors (Lipinski definition) is 3. The molecule has 3 nitrogen and oxygen atoms in total. The lowest BCUT2D eigenvalue weighted by Gasteiger charge is -2.42. The summed E-state index contributed by atoms with van der Waals surface area (Å²) in [7, 11) is 0. The molecule has 0 saturated heterocycles. The summed E-state index contributed by atoms with van der Waals surface area (Å²) in [4.78, 5) is 0. The number of hydrogen-bond donors (Lipinski definition) is 2. The fourth-order valence-corrected chi connectivity index (χ4v) is 2.66. The zero-order valence-corrected chi connectivity index (χ0v) is 12.5. The van der Waals surface area contributed by atoms with Crippen molar-refractivity contribution < 1.29 is 9.84 Å². The molecule has 0 spiro atoms. The van der Waals surface area contributed by atoms with Crippen molar-refractivity contribution in [2.24, 2.45) is 5.92 Å². The molecule has 2 atom stereocenters. The summed E-state index contributed by atoms with van der Waals surface area (Å²) in [6.45, 7) is 9.79. The molecule has 3 heteroatoms. The number of aliphatic hydroxyl groups is 1. The zero-order chi connectivity index (χ0) is 13.6. The molecule has 0 bridgehead atoms. The van der Waals surface area contributed by atoms with Crippen LogP contribution in [0.25, 0.3) is 0 Å². The SMILES string of the molecule is CCC1(NCC(O)COC(C)CC(C)C)CCC1. The predicted octanol–water partition coefficient (Wildman–Crippen LogP) is 2.72. The molecule has 18 heavy (non-hydrogen) atoms. The Balaban J connectivity index is 2.11. The molecule has 2 N–H and O–H groups in total. The lowest BCUT2D eigenvalue weighted by Crippen LogP contribution is -2.53. The summed E-state index contributed by atoms with van der Waals surface area (Å²) >= 11 is 0. The number of ether oxygens (including phenoxy) is 1. The topological polar surface area (TPSA) is 41.5 Å². The van der Waals surface area contributed by atoms with Gasteiger partial charge in [0, 0.05) is 12.1 Å². The summed E-state index contributed by atoms with van der Waals surface area (Å²) in [5.74, 6) is 0.647. The van der Waals surface area contributed by atoms with Crippen molar-refractivity contribution >= 4 is 0 Å². The van der Waals surface area contributed by atoms with Crippen LogP contribution < -0.4 is 5.32 Å². The molecule has 0 radical (unpaired) electrons. The Bertz CT molecular complexity index is 221. The van der Waals surface area contributed by atoms with E-state index in [2.05, 4.69) is 33.0 Å². The highest BCUT2D eigenvalue weighted by Gasteiger charge is 2.34. The molecule has 0 amide bonds. The van der Waals surface area contributed by atoms with Crippen LogP contribution in [0.1, 0.15) is 59.8 Å². The maximum atomic E-state index is 9.92. The van der Waals surface area contributed by atoms with Crippen LogP contribution in [0.2, 0.25) is 0 Å². The van der Waals surface area contributed by atoms with Gasteiger partial charge >= 0.3 is 0 Å². The molecule has 0 aromatic heterocycles. The van der Waals surface area contributed by atoms with Crippen LogP contribution >= 0.6 is 0 Å². The van der Waals surface area contributed by atoms with E-state index in [4.69, 9.17) is 4.74 Å². The second kappa shape index (κ2) is 7.46. The lowest BCUT2D eigenvalue weighted by atomic mass is 9.75. The fraction of sp³-hybridized carbons (Fsp3) is 1.00. The van der Waals surface area contributed by atoms with Gasteiger partial charge in [-0.1, -0.05) is 20.8 Å². The summed E-state index contributed by atoms with van der Waals surface area (Å²) in [6, 6.07) is 0. The Hall–Kier alpha value is -0.120. The molecule has 1 aliphatic rings. The molecule has 1 saturated carbocycles. The van der Waals surface area contributed by atoms with Crippen molar-refractivity contribution in [1.82, 2.24) is 5.32 Å². The van der Waals surface area contributed by atoms with Crippen LogP contribution in [-0.4, -0.2) is 36.0 Å². The van der Waals surface area contributed by atoms with Crippen molar-refractivity contribution in [2.45, 2.75) is 77.5 Å². The minimum absolute atomic E-state index is 0.239. The van der Waals surface area contributed by atoms with Gasteiger partial charge in [0.15, 0.2) is 0 Å². The minimum Gasteiger partial charge on any atom is -0.389 e. The Labute approximate surface area is 112 Å². The standard InChI is InChI=1S/C15H31NO2/c1-5-15(7-6-8-15)16-10-14(17)11-18-13(4)9-12(2)3/h12-14,16-17H,5-11H2,1-4H3. The summed E-state index contributed by atoms with van der Waals surface area (Å²) < 4.78 is 5.68. The van der Waals surface area contributed by atoms with E-state index in [9.17, 15) is 5.11 Å². The highest BCUT2D eigenvalue weighted by Crippen LogP contribution is 2.34. The summed E-state index contributed by atoms with van der Waals surface area (Å²) in [5.41, 5.74) is 0.310. The molecule has 1 rings (SSSR count). The predicted molar refractivity (Wildman–Crippen MR) is 75.8 cm³/mol. The van der Waals surface area contributed by atoms with Crippen molar-refractivity contribution in [3.8, 4) is 0 Å². The van der Waals surface area contributed by atoms with Gasteiger partial charge in [0.25, 0.3) is 0 Å². The van der Waals surface area contributed by atoms with Crippen LogP contribution in [0, 0.1) is 5.92 Å². The molecule has 0 aromatic rings. The molecule has 1 fully saturated rings. The highest BCUT2D eigenvalue weighted by molar-refractivity contribution is 4.94. The second-order valence-electron chi connectivity index (χ2n) is 6.30. The first-order chi connectivity index (χ1) is 8.47. The van der Waals surface area contributed by atoms with Gasteiger partial charge in [-0.05, 0) is 44.9 Å². The van der Waals surface area contributed by atoms with Gasteiger partial charge in [-0.3, -0.25) is 0 Å². The van der Waals surface area contributed by atoms with E-state index in [-0.39, 0.29) is 12.2 Å². The van der Waals surface area contributed by atoms with E-state index in [1.54, 1.807) is 0 Å². The van der Waals surface area contributed by atoms with Crippen molar-refractivity contribution in [3.05, 3.63) is 0 Å². The summed E-state index contributed by atoms with van der Waals surface area (Å²) in [5, 5.41) is 13.4. The maximum Gasteiger partial charge on any atom is 0.0898 e. The van der Waals surface area contributed by atoms with Gasteiger partial charge in [-0.25, -0.2) is 0 Å². The molecule has 1 aliphatic carbocycles. The van der Waals surface area contributed by atoms with Gasteiger partial charge in [-0.15, -0.1) is 0 Å². The average molecular weight is 257 g/mol. The van der Waals surface area contributed by atoms with Crippen LogP contribution in [-0.2, 0) is 4.74 Å². The van der Waals surface area contributed by atoms with Gasteiger partial charge < -0.3 is 15.2 Å². The number of aliphatic hydroxyl groups excluding tert-OH is 1. The van der Waals surface area contributed by atoms with Crippen LogP contribution in [0.15, 0.2) is 0 Å². The average Bonchev–Trinajstić information content (AvgIpc) is 2.24. The Morgan fingerprint density at radius 1 is 1.28 bits per heavy atom. The lowest BCUT2D eigenvalue weighted by molar-refractivity contribution is -0.0133. The first-order valence-corrected chi connectivity index (χ1v) is 7.52. The third-order valence-electron chi connectivity index (χ3n) is 4.08. The fourth-order valence-electron chi connectivity index (χ4n) is 2.66. The number of β-amino-alcohol motifs (C(OH)–C–C–N with tert-alkyl or cyclic N) is 1. The smallest absolute Gasteiger partial charge is 0.0898 e. The van der Waals surface area contributed by atoms with E-state index in [0.717, 1.165) is 12.8 Å². The van der Waals surface area contributed by atoms with E-state index < -0.39 is 0 Å². The van der Waals surface area contributed by atoms with E-state index in [1.165, 1.54) is 19.3 Å². The summed E-state index contributed by atoms with van der Waals surface area (Å²) in [6.07, 6.45) is 5.89. The quantitative estimate of drug-likeness (QED) is 0.667. The molecule has 2 unspecified atom stereocenters. The Morgan fingerprint density at radius 3 is 2.39 bits per heavy atom. The van der Waals surface area contributed by atoms with E-state index >= 15 is 0 Å². The molecule has 108 valence electrons. The molecular formula is C15H31NO2. The minimum atomic E-state index is -0.386. The third-order valence-corrected chi connectivity index (χ3v) is 4.08. The van der Waals surface area contributed by atoms with Gasteiger partial charge in [-0.2, -0.15) is 0 Å². The molecule has 0 aromatic carbocycles. The highest BCUT2D eigenvalue weighted by atomic mass is 16.5. The maximum absolute atomic E-state index is 9.92. The first kappa shape index (κ1) is 15.9. The third kappa shape index (κ3) is 5.25. The van der Waals surface area contributed by atoms with Gasteiger partial charge in [0.05, 0.1) is 18.8 Å². The van der Waals surface area contributed by atoms with Gasteiger partial charge in [0.2, 0.25) is 0 Å². The molecule has 0 aliphatic heterocycles. The Kier molecular flexibility index (Phi) is 6.61. The first-order valence-electron chi connectivity index (χ1n) is 7.52. The molecule has 0 heterocycles. The van der Waals surface area contributed by atoms with Crippen LogP contribution in [0.4, 0.5) is 0 Å². The zero-order valence-electron chi connectivity index (χ0n) is 12.5. The largest absolute Gasteiger partial charge is 0.389 e.